The standard InChI is InChI=1S/C19H25N3O5S/c1-5-22(6-2)28(25,26)17-12-15(10-9-14(17)3)20-18(23)13-27-19(24)16-8-7-11-21(16)4/h7-12H,5-6,13H2,1-4H3,(H,20,23). The Bertz CT molecular complexity index is 962. The molecule has 1 aromatic carbocycles. The SMILES string of the molecule is CCN(CC)S(=O)(=O)c1cc(NC(=O)COC(=O)c2cccn2C)ccc1C. The summed E-state index contributed by atoms with van der Waals surface area (Å²) in [6.45, 7) is 5.46. The molecule has 152 valence electrons. The number of hydrogen-bond acceptors (Lipinski definition) is 5. The maximum atomic E-state index is 12.8. The van der Waals surface area contributed by atoms with Crippen molar-refractivity contribution in [1.82, 2.24) is 8.87 Å². The normalized spacial score (nSPS) is 11.5. The van der Waals surface area contributed by atoms with Crippen LogP contribution in [0.3, 0.4) is 0 Å². The number of hydrogen-bond donors (Lipinski definition) is 1. The summed E-state index contributed by atoms with van der Waals surface area (Å²) in [4.78, 5) is 24.2. The number of benzene rings is 1. The number of aromatic nitrogens is 1. The van der Waals surface area contributed by atoms with Crippen LogP contribution in [0.2, 0.25) is 0 Å². The zero-order valence-electron chi connectivity index (χ0n) is 16.4. The Morgan fingerprint density at radius 2 is 1.86 bits per heavy atom. The number of carbonyl (C=O) groups excluding carboxylic acids is 2. The van der Waals surface area contributed by atoms with Crippen molar-refractivity contribution in [1.29, 1.82) is 0 Å². The van der Waals surface area contributed by atoms with Gasteiger partial charge in [0.2, 0.25) is 10.0 Å². The third-order valence-corrected chi connectivity index (χ3v) is 6.47. The first kappa shape index (κ1) is 21.6. The molecule has 0 saturated heterocycles. The summed E-state index contributed by atoms with van der Waals surface area (Å²) in [6, 6.07) is 7.93. The van der Waals surface area contributed by atoms with Gasteiger partial charge in [0, 0.05) is 32.0 Å². The van der Waals surface area contributed by atoms with E-state index in [1.165, 1.54) is 10.4 Å². The average molecular weight is 407 g/mol. The molecule has 0 aliphatic heterocycles. The fraction of sp³-hybridized carbons (Fsp3) is 0.368. The third kappa shape index (κ3) is 4.79. The van der Waals surface area contributed by atoms with E-state index in [2.05, 4.69) is 5.32 Å². The van der Waals surface area contributed by atoms with Crippen LogP contribution in [0.15, 0.2) is 41.4 Å². The second-order valence-electron chi connectivity index (χ2n) is 6.20. The van der Waals surface area contributed by atoms with Crippen molar-refractivity contribution in [3.63, 3.8) is 0 Å². The van der Waals surface area contributed by atoms with Gasteiger partial charge in [-0.3, -0.25) is 4.79 Å². The molecule has 8 nitrogen and oxygen atoms in total. The minimum atomic E-state index is -3.66. The molecule has 0 spiro atoms. The summed E-state index contributed by atoms with van der Waals surface area (Å²) in [5, 5.41) is 2.57. The highest BCUT2D eigenvalue weighted by molar-refractivity contribution is 7.89. The molecule has 1 N–H and O–H groups in total. The lowest BCUT2D eigenvalue weighted by atomic mass is 10.2. The number of esters is 1. The zero-order valence-corrected chi connectivity index (χ0v) is 17.2. The fourth-order valence-corrected chi connectivity index (χ4v) is 4.44. The lowest BCUT2D eigenvalue weighted by Crippen LogP contribution is -2.31. The van der Waals surface area contributed by atoms with Gasteiger partial charge in [0.25, 0.3) is 5.91 Å². The first-order chi connectivity index (χ1) is 13.2. The Hall–Kier alpha value is -2.65. The van der Waals surface area contributed by atoms with Crippen LogP contribution in [0.5, 0.6) is 0 Å². The summed E-state index contributed by atoms with van der Waals surface area (Å²) in [5.74, 6) is -1.17. The molecule has 0 bridgehead atoms. The predicted molar refractivity (Wildman–Crippen MR) is 106 cm³/mol. The molecule has 0 saturated carbocycles. The highest BCUT2D eigenvalue weighted by Crippen LogP contribution is 2.23. The molecule has 0 aliphatic carbocycles. The molecule has 2 rings (SSSR count). The number of amides is 1. The van der Waals surface area contributed by atoms with E-state index in [0.29, 0.717) is 30.0 Å². The molecule has 28 heavy (non-hydrogen) atoms. The van der Waals surface area contributed by atoms with Crippen molar-refractivity contribution in [3.8, 4) is 0 Å². The van der Waals surface area contributed by atoms with Crippen molar-refractivity contribution in [2.75, 3.05) is 25.0 Å². The lowest BCUT2D eigenvalue weighted by molar-refractivity contribution is -0.119. The number of aryl methyl sites for hydroxylation is 2. The number of ether oxygens (including phenoxy) is 1. The van der Waals surface area contributed by atoms with Gasteiger partial charge in [-0.2, -0.15) is 4.31 Å². The predicted octanol–water partition coefficient (Wildman–Crippen LogP) is 2.16. The topological polar surface area (TPSA) is 97.7 Å². The van der Waals surface area contributed by atoms with Crippen LogP contribution >= 0.6 is 0 Å². The van der Waals surface area contributed by atoms with E-state index in [0.717, 1.165) is 0 Å². The molecule has 2 aromatic rings. The van der Waals surface area contributed by atoms with E-state index in [1.54, 1.807) is 62.8 Å². The van der Waals surface area contributed by atoms with Crippen molar-refractivity contribution < 1.29 is 22.7 Å². The minimum Gasteiger partial charge on any atom is -0.451 e. The molecule has 0 atom stereocenters. The van der Waals surface area contributed by atoms with Crippen LogP contribution in [-0.2, 0) is 26.6 Å². The van der Waals surface area contributed by atoms with Gasteiger partial charge < -0.3 is 14.6 Å². The van der Waals surface area contributed by atoms with E-state index in [1.807, 2.05) is 0 Å². The number of rotatable bonds is 8. The second-order valence-corrected chi connectivity index (χ2v) is 8.10. The molecular formula is C19H25N3O5S. The molecule has 0 unspecified atom stereocenters. The Kier molecular flexibility index (Phi) is 6.98. The number of carbonyl (C=O) groups is 2. The van der Waals surface area contributed by atoms with Crippen LogP contribution in [0, 0.1) is 6.92 Å². The van der Waals surface area contributed by atoms with Crippen LogP contribution in [0.4, 0.5) is 5.69 Å². The van der Waals surface area contributed by atoms with Gasteiger partial charge in [0.1, 0.15) is 5.69 Å². The van der Waals surface area contributed by atoms with E-state index >= 15 is 0 Å². The summed E-state index contributed by atoms with van der Waals surface area (Å²) in [5.41, 5.74) is 1.23. The van der Waals surface area contributed by atoms with Gasteiger partial charge in [-0.05, 0) is 36.8 Å². The summed E-state index contributed by atoms with van der Waals surface area (Å²) in [7, 11) is -1.96. The first-order valence-electron chi connectivity index (χ1n) is 8.89. The number of nitrogens with one attached hydrogen (secondary N) is 1. The van der Waals surface area contributed by atoms with E-state index in [-0.39, 0.29) is 4.90 Å². The summed E-state index contributed by atoms with van der Waals surface area (Å²) in [6.07, 6.45) is 1.70. The highest BCUT2D eigenvalue weighted by atomic mass is 32.2. The third-order valence-electron chi connectivity index (χ3n) is 4.28. The number of anilines is 1. The Morgan fingerprint density at radius 1 is 1.18 bits per heavy atom. The second kappa shape index (κ2) is 9.03. The van der Waals surface area contributed by atoms with Gasteiger partial charge in [0.15, 0.2) is 6.61 Å². The van der Waals surface area contributed by atoms with Gasteiger partial charge in [-0.15, -0.1) is 0 Å². The molecule has 0 fully saturated rings. The zero-order chi connectivity index (χ0) is 20.9. The number of nitrogens with zero attached hydrogens (tertiary/aromatic N) is 2. The first-order valence-corrected chi connectivity index (χ1v) is 10.3. The highest BCUT2D eigenvalue weighted by Gasteiger charge is 2.24. The van der Waals surface area contributed by atoms with E-state index in [9.17, 15) is 18.0 Å². The monoisotopic (exact) mass is 407 g/mol. The summed E-state index contributed by atoms with van der Waals surface area (Å²) < 4.78 is 33.5. The quantitative estimate of drug-likeness (QED) is 0.676. The largest absolute Gasteiger partial charge is 0.451 e. The fourth-order valence-electron chi connectivity index (χ4n) is 2.73. The number of sulfonamides is 1. The van der Waals surface area contributed by atoms with Crippen LogP contribution in [0.25, 0.3) is 0 Å². The molecule has 0 radical (unpaired) electrons. The average Bonchev–Trinajstić information content (AvgIpc) is 3.08. The van der Waals surface area contributed by atoms with Crippen LogP contribution in [0.1, 0.15) is 29.9 Å². The van der Waals surface area contributed by atoms with E-state index in [4.69, 9.17) is 4.74 Å². The maximum absolute atomic E-state index is 12.8. The lowest BCUT2D eigenvalue weighted by Gasteiger charge is -2.20. The smallest absolute Gasteiger partial charge is 0.355 e. The van der Waals surface area contributed by atoms with Crippen molar-refractivity contribution in [2.24, 2.45) is 7.05 Å². The molecular weight excluding hydrogens is 382 g/mol. The Morgan fingerprint density at radius 3 is 2.43 bits per heavy atom. The molecule has 9 heteroatoms. The van der Waals surface area contributed by atoms with Crippen molar-refractivity contribution >= 4 is 27.6 Å². The minimum absolute atomic E-state index is 0.134. The van der Waals surface area contributed by atoms with Crippen LogP contribution < -0.4 is 5.32 Å². The van der Waals surface area contributed by atoms with Gasteiger partial charge in [-0.25, -0.2) is 13.2 Å². The molecule has 0 aliphatic rings. The molecule has 1 amide bonds. The molecule has 1 aromatic heterocycles. The van der Waals surface area contributed by atoms with Gasteiger partial charge in [-0.1, -0.05) is 19.9 Å². The molecule has 1 heterocycles. The summed E-state index contributed by atoms with van der Waals surface area (Å²) >= 11 is 0. The van der Waals surface area contributed by atoms with Crippen molar-refractivity contribution in [2.45, 2.75) is 25.7 Å². The van der Waals surface area contributed by atoms with Gasteiger partial charge >= 0.3 is 5.97 Å². The Balaban J connectivity index is 2.09. The van der Waals surface area contributed by atoms with Gasteiger partial charge in [0.05, 0.1) is 4.90 Å². The van der Waals surface area contributed by atoms with Crippen LogP contribution in [-0.4, -0.2) is 48.9 Å². The van der Waals surface area contributed by atoms with Crippen molar-refractivity contribution in [3.05, 3.63) is 47.8 Å². The maximum Gasteiger partial charge on any atom is 0.355 e. The van der Waals surface area contributed by atoms with E-state index < -0.39 is 28.5 Å². The Labute approximate surface area is 165 Å².